The summed E-state index contributed by atoms with van der Waals surface area (Å²) in [6, 6.07) is 20.0. The Morgan fingerprint density at radius 2 is 1.75 bits per heavy atom. The largest absolute Gasteiger partial charge is 0.375 e. The summed E-state index contributed by atoms with van der Waals surface area (Å²) in [6.45, 7) is 2.76. The van der Waals surface area contributed by atoms with Gasteiger partial charge in [-0.2, -0.15) is 5.26 Å². The Kier molecular flexibility index (Phi) is 5.78. The highest BCUT2D eigenvalue weighted by Gasteiger charge is 2.00. The summed E-state index contributed by atoms with van der Waals surface area (Å²) in [5, 5.41) is 12.3. The highest BCUT2D eigenvalue weighted by molar-refractivity contribution is 5.36. The normalized spacial score (nSPS) is 10.2. The van der Waals surface area contributed by atoms with Gasteiger partial charge in [0.25, 0.3) is 0 Å². The molecule has 2 aromatic rings. The SMILES string of the molecule is N#Cc1ccccc1COCCNCc1ccccc1. The van der Waals surface area contributed by atoms with Crippen molar-refractivity contribution >= 4 is 0 Å². The number of nitrogens with zero attached hydrogens (tertiary/aromatic N) is 1. The molecule has 0 spiro atoms. The van der Waals surface area contributed by atoms with Crippen molar-refractivity contribution in [3.05, 3.63) is 71.3 Å². The number of hydrogen-bond donors (Lipinski definition) is 1. The van der Waals surface area contributed by atoms with E-state index in [0.29, 0.717) is 18.8 Å². The van der Waals surface area contributed by atoms with Gasteiger partial charge in [0.1, 0.15) is 0 Å². The molecule has 0 aliphatic carbocycles. The maximum Gasteiger partial charge on any atom is 0.0995 e. The molecule has 0 bridgehead atoms. The molecule has 3 heteroatoms. The van der Waals surface area contributed by atoms with Crippen LogP contribution in [0.25, 0.3) is 0 Å². The van der Waals surface area contributed by atoms with Gasteiger partial charge >= 0.3 is 0 Å². The monoisotopic (exact) mass is 266 g/mol. The van der Waals surface area contributed by atoms with Crippen molar-refractivity contribution in [2.75, 3.05) is 13.2 Å². The summed E-state index contributed by atoms with van der Waals surface area (Å²) in [5.74, 6) is 0. The molecule has 102 valence electrons. The van der Waals surface area contributed by atoms with Gasteiger partial charge in [0.05, 0.1) is 24.8 Å². The van der Waals surface area contributed by atoms with Crippen molar-refractivity contribution in [1.82, 2.24) is 5.32 Å². The minimum atomic E-state index is 0.483. The Morgan fingerprint density at radius 1 is 1.00 bits per heavy atom. The van der Waals surface area contributed by atoms with Gasteiger partial charge in [-0.05, 0) is 17.2 Å². The molecule has 3 nitrogen and oxygen atoms in total. The number of nitriles is 1. The van der Waals surface area contributed by atoms with Crippen LogP contribution in [0, 0.1) is 11.3 Å². The van der Waals surface area contributed by atoms with E-state index >= 15 is 0 Å². The second-order valence-electron chi connectivity index (χ2n) is 4.48. The lowest BCUT2D eigenvalue weighted by Gasteiger charge is -2.07. The molecule has 0 atom stereocenters. The van der Waals surface area contributed by atoms with Gasteiger partial charge in [0, 0.05) is 13.1 Å². The van der Waals surface area contributed by atoms with Gasteiger partial charge in [-0.15, -0.1) is 0 Å². The standard InChI is InChI=1S/C17H18N2O/c18-12-16-8-4-5-9-17(16)14-20-11-10-19-13-15-6-2-1-3-7-15/h1-9,19H,10-11,13-14H2. The summed E-state index contributed by atoms with van der Waals surface area (Å²) in [6.07, 6.45) is 0. The van der Waals surface area contributed by atoms with Gasteiger partial charge in [-0.25, -0.2) is 0 Å². The van der Waals surface area contributed by atoms with E-state index in [-0.39, 0.29) is 0 Å². The van der Waals surface area contributed by atoms with E-state index in [1.165, 1.54) is 5.56 Å². The third kappa shape index (κ3) is 4.51. The second kappa shape index (κ2) is 8.11. The number of benzene rings is 2. The fourth-order valence-electron chi connectivity index (χ4n) is 1.91. The van der Waals surface area contributed by atoms with E-state index in [9.17, 15) is 0 Å². The van der Waals surface area contributed by atoms with Crippen LogP contribution in [-0.4, -0.2) is 13.2 Å². The van der Waals surface area contributed by atoms with Crippen LogP contribution >= 0.6 is 0 Å². The summed E-state index contributed by atoms with van der Waals surface area (Å²) in [7, 11) is 0. The van der Waals surface area contributed by atoms with E-state index in [4.69, 9.17) is 10.00 Å². The molecule has 0 radical (unpaired) electrons. The summed E-state index contributed by atoms with van der Waals surface area (Å²) in [5.41, 5.74) is 2.89. The zero-order valence-electron chi connectivity index (χ0n) is 11.4. The maximum absolute atomic E-state index is 8.97. The van der Waals surface area contributed by atoms with Crippen LogP contribution in [0.3, 0.4) is 0 Å². The van der Waals surface area contributed by atoms with Crippen molar-refractivity contribution in [2.45, 2.75) is 13.2 Å². The Bertz CT molecular complexity index is 561. The minimum Gasteiger partial charge on any atom is -0.375 e. The summed E-state index contributed by atoms with van der Waals surface area (Å²) < 4.78 is 5.59. The van der Waals surface area contributed by atoms with Gasteiger partial charge < -0.3 is 10.1 Å². The molecule has 0 fully saturated rings. The first-order valence-corrected chi connectivity index (χ1v) is 6.70. The number of ether oxygens (including phenoxy) is 1. The highest BCUT2D eigenvalue weighted by atomic mass is 16.5. The van der Waals surface area contributed by atoms with Crippen molar-refractivity contribution in [2.24, 2.45) is 0 Å². The molecule has 20 heavy (non-hydrogen) atoms. The molecular weight excluding hydrogens is 248 g/mol. The van der Waals surface area contributed by atoms with Gasteiger partial charge in [0.2, 0.25) is 0 Å². The highest BCUT2D eigenvalue weighted by Crippen LogP contribution is 2.08. The molecular formula is C17H18N2O. The molecule has 0 aromatic heterocycles. The zero-order chi connectivity index (χ0) is 14.0. The summed E-state index contributed by atoms with van der Waals surface area (Å²) >= 11 is 0. The van der Waals surface area contributed by atoms with Crippen LogP contribution in [0.15, 0.2) is 54.6 Å². The number of nitrogens with one attached hydrogen (secondary N) is 1. The third-order valence-electron chi connectivity index (χ3n) is 2.99. The zero-order valence-corrected chi connectivity index (χ0v) is 11.4. The van der Waals surface area contributed by atoms with Crippen LogP contribution in [0.4, 0.5) is 0 Å². The molecule has 0 heterocycles. The smallest absolute Gasteiger partial charge is 0.0995 e. The lowest BCUT2D eigenvalue weighted by molar-refractivity contribution is 0.122. The predicted molar refractivity (Wildman–Crippen MR) is 79.0 cm³/mol. The molecule has 0 amide bonds. The van der Waals surface area contributed by atoms with Crippen molar-refractivity contribution in [3.63, 3.8) is 0 Å². The Balaban J connectivity index is 1.64. The predicted octanol–water partition coefficient (Wildman–Crippen LogP) is 2.86. The first kappa shape index (κ1) is 14.3. The third-order valence-corrected chi connectivity index (χ3v) is 2.99. The molecule has 0 aliphatic rings. The number of rotatable bonds is 7. The molecule has 2 aromatic carbocycles. The quantitative estimate of drug-likeness (QED) is 0.784. The van der Waals surface area contributed by atoms with Gasteiger partial charge in [-0.1, -0.05) is 48.5 Å². The van der Waals surface area contributed by atoms with E-state index in [2.05, 4.69) is 23.5 Å². The van der Waals surface area contributed by atoms with Gasteiger partial charge in [-0.3, -0.25) is 0 Å². The van der Waals surface area contributed by atoms with Crippen LogP contribution in [-0.2, 0) is 17.9 Å². The number of hydrogen-bond acceptors (Lipinski definition) is 3. The molecule has 0 aliphatic heterocycles. The minimum absolute atomic E-state index is 0.483. The Labute approximate surface area is 119 Å². The fourth-order valence-corrected chi connectivity index (χ4v) is 1.91. The fraction of sp³-hybridized carbons (Fsp3) is 0.235. The van der Waals surface area contributed by atoms with E-state index < -0.39 is 0 Å². The molecule has 2 rings (SSSR count). The van der Waals surface area contributed by atoms with Crippen LogP contribution in [0.5, 0.6) is 0 Å². The van der Waals surface area contributed by atoms with Crippen LogP contribution in [0.1, 0.15) is 16.7 Å². The Morgan fingerprint density at radius 3 is 2.55 bits per heavy atom. The maximum atomic E-state index is 8.97. The van der Waals surface area contributed by atoms with Crippen LogP contribution in [0.2, 0.25) is 0 Å². The first-order chi connectivity index (χ1) is 9.90. The molecule has 0 saturated heterocycles. The van der Waals surface area contributed by atoms with Crippen LogP contribution < -0.4 is 5.32 Å². The first-order valence-electron chi connectivity index (χ1n) is 6.70. The molecule has 0 saturated carbocycles. The van der Waals surface area contributed by atoms with Crippen molar-refractivity contribution in [3.8, 4) is 6.07 Å². The average molecular weight is 266 g/mol. The van der Waals surface area contributed by atoms with E-state index in [1.807, 2.05) is 42.5 Å². The van der Waals surface area contributed by atoms with E-state index in [0.717, 1.165) is 18.7 Å². The van der Waals surface area contributed by atoms with Gasteiger partial charge in [0.15, 0.2) is 0 Å². The Hall–Kier alpha value is -2.15. The molecule has 0 unspecified atom stereocenters. The van der Waals surface area contributed by atoms with E-state index in [1.54, 1.807) is 0 Å². The average Bonchev–Trinajstić information content (AvgIpc) is 2.52. The lowest BCUT2D eigenvalue weighted by Crippen LogP contribution is -2.19. The lowest BCUT2D eigenvalue weighted by atomic mass is 10.1. The van der Waals surface area contributed by atoms with Crippen molar-refractivity contribution in [1.29, 1.82) is 5.26 Å². The second-order valence-corrected chi connectivity index (χ2v) is 4.48. The van der Waals surface area contributed by atoms with Crippen molar-refractivity contribution < 1.29 is 4.74 Å². The topological polar surface area (TPSA) is 45.0 Å². The molecule has 1 N–H and O–H groups in total. The summed E-state index contributed by atoms with van der Waals surface area (Å²) in [4.78, 5) is 0.